The summed E-state index contributed by atoms with van der Waals surface area (Å²) in [4.78, 5) is 4.59. The first-order valence-electron chi connectivity index (χ1n) is 7.16. The predicted molar refractivity (Wildman–Crippen MR) is 93.7 cm³/mol. The highest BCUT2D eigenvalue weighted by Gasteiger charge is 2.28. The lowest BCUT2D eigenvalue weighted by Gasteiger charge is -2.17. The molecule has 3 aromatic rings. The number of halogens is 2. The molecule has 4 rings (SSSR count). The number of nitrogens with zero attached hydrogens (tertiary/aromatic N) is 1. The van der Waals surface area contributed by atoms with Crippen molar-refractivity contribution < 1.29 is 0 Å². The molecule has 3 heteroatoms. The van der Waals surface area contributed by atoms with Crippen LogP contribution < -0.4 is 0 Å². The van der Waals surface area contributed by atoms with Crippen LogP contribution in [-0.2, 0) is 0 Å². The number of hydrogen-bond donors (Lipinski definition) is 0. The molecule has 1 aromatic heterocycles. The molecule has 0 bridgehead atoms. The number of hydrogen-bond acceptors (Lipinski definition) is 1. The van der Waals surface area contributed by atoms with Crippen LogP contribution in [0, 0.1) is 0 Å². The summed E-state index contributed by atoms with van der Waals surface area (Å²) in [6, 6.07) is 14.3. The zero-order chi connectivity index (χ0) is 15.3. The summed E-state index contributed by atoms with van der Waals surface area (Å²) < 4.78 is 0. The number of aromatic nitrogens is 1. The van der Waals surface area contributed by atoms with Crippen LogP contribution in [-0.4, -0.2) is 4.98 Å². The topological polar surface area (TPSA) is 12.9 Å². The molecule has 1 nitrogen and oxygen atoms in total. The van der Waals surface area contributed by atoms with Crippen LogP contribution in [0.15, 0.2) is 54.2 Å². The Morgan fingerprint density at radius 1 is 0.955 bits per heavy atom. The van der Waals surface area contributed by atoms with E-state index in [0.29, 0.717) is 10.0 Å². The van der Waals surface area contributed by atoms with E-state index < -0.39 is 0 Å². The molecule has 1 aliphatic carbocycles. The molecule has 0 spiro atoms. The Balaban J connectivity index is 1.99. The van der Waals surface area contributed by atoms with Gasteiger partial charge in [-0.15, -0.1) is 0 Å². The van der Waals surface area contributed by atoms with Crippen molar-refractivity contribution in [3.8, 4) is 0 Å². The Bertz CT molecular complexity index is 923. The minimum absolute atomic E-state index is 0.184. The molecular weight excluding hydrogens is 313 g/mol. The highest BCUT2D eigenvalue weighted by molar-refractivity contribution is 6.43. The van der Waals surface area contributed by atoms with E-state index in [-0.39, 0.29) is 5.92 Å². The van der Waals surface area contributed by atoms with E-state index in [1.54, 1.807) is 0 Å². The lowest BCUT2D eigenvalue weighted by molar-refractivity contribution is 0.983. The van der Waals surface area contributed by atoms with Gasteiger partial charge in [0.05, 0.1) is 15.6 Å². The third-order valence-electron chi connectivity index (χ3n) is 4.28. The summed E-state index contributed by atoms with van der Waals surface area (Å²) in [6.07, 6.45) is 3.98. The molecule has 22 heavy (non-hydrogen) atoms. The third-order valence-corrected chi connectivity index (χ3v) is 5.10. The number of pyridine rings is 1. The second-order valence-corrected chi connectivity index (χ2v) is 6.39. The summed E-state index contributed by atoms with van der Waals surface area (Å²) in [7, 11) is 0. The van der Waals surface area contributed by atoms with Gasteiger partial charge in [-0.3, -0.25) is 4.98 Å². The number of allylic oxidation sites excluding steroid dienone is 1. The number of rotatable bonds is 1. The average molecular weight is 326 g/mol. The predicted octanol–water partition coefficient (Wildman–Crippen LogP) is 6.09. The van der Waals surface area contributed by atoms with Gasteiger partial charge in [-0.05, 0) is 35.7 Å². The van der Waals surface area contributed by atoms with E-state index in [2.05, 4.69) is 48.3 Å². The Kier molecular flexibility index (Phi) is 3.21. The molecule has 108 valence electrons. The van der Waals surface area contributed by atoms with Crippen molar-refractivity contribution >= 4 is 40.2 Å². The highest BCUT2D eigenvalue weighted by Crippen LogP contribution is 2.46. The van der Waals surface area contributed by atoms with Gasteiger partial charge in [0.25, 0.3) is 0 Å². The highest BCUT2D eigenvalue weighted by atomic mass is 35.5. The molecule has 1 unspecified atom stereocenters. The first-order valence-corrected chi connectivity index (χ1v) is 7.92. The van der Waals surface area contributed by atoms with E-state index in [1.165, 1.54) is 16.7 Å². The SMILES string of the molecule is CC1=Cc2c(ccc(Cl)c2Cl)C1c1cccc2cccnc12. The van der Waals surface area contributed by atoms with Gasteiger partial charge < -0.3 is 0 Å². The molecule has 0 aliphatic heterocycles. The zero-order valence-corrected chi connectivity index (χ0v) is 13.5. The summed E-state index contributed by atoms with van der Waals surface area (Å²) in [5.74, 6) is 0.184. The minimum Gasteiger partial charge on any atom is -0.256 e. The van der Waals surface area contributed by atoms with E-state index in [4.69, 9.17) is 23.2 Å². The van der Waals surface area contributed by atoms with Crippen LogP contribution in [0.4, 0.5) is 0 Å². The number of fused-ring (bicyclic) bond motifs is 2. The van der Waals surface area contributed by atoms with Crippen LogP contribution in [0.1, 0.15) is 29.5 Å². The molecule has 0 amide bonds. The van der Waals surface area contributed by atoms with E-state index in [0.717, 1.165) is 16.5 Å². The number of para-hydroxylation sites is 1. The van der Waals surface area contributed by atoms with Gasteiger partial charge in [0, 0.05) is 17.5 Å². The molecule has 1 heterocycles. The van der Waals surface area contributed by atoms with E-state index >= 15 is 0 Å². The van der Waals surface area contributed by atoms with Gasteiger partial charge in [0.15, 0.2) is 0 Å². The van der Waals surface area contributed by atoms with Gasteiger partial charge in [-0.2, -0.15) is 0 Å². The Morgan fingerprint density at radius 3 is 2.64 bits per heavy atom. The fraction of sp³-hybridized carbons (Fsp3) is 0.105. The van der Waals surface area contributed by atoms with Crippen molar-refractivity contribution in [2.45, 2.75) is 12.8 Å². The molecule has 2 aromatic carbocycles. The molecule has 0 saturated heterocycles. The van der Waals surface area contributed by atoms with Crippen LogP contribution >= 0.6 is 23.2 Å². The molecule has 0 fully saturated rings. The molecule has 0 radical (unpaired) electrons. The van der Waals surface area contributed by atoms with Gasteiger partial charge in [0.2, 0.25) is 0 Å². The van der Waals surface area contributed by atoms with Crippen molar-refractivity contribution in [2.24, 2.45) is 0 Å². The lowest BCUT2D eigenvalue weighted by atomic mass is 9.87. The maximum Gasteiger partial charge on any atom is 0.0743 e. The van der Waals surface area contributed by atoms with E-state index in [9.17, 15) is 0 Å². The van der Waals surface area contributed by atoms with Crippen LogP contribution in [0.25, 0.3) is 17.0 Å². The van der Waals surface area contributed by atoms with Crippen molar-refractivity contribution in [1.82, 2.24) is 4.98 Å². The number of benzene rings is 2. The second-order valence-electron chi connectivity index (χ2n) is 5.61. The van der Waals surface area contributed by atoms with Crippen LogP contribution in [0.5, 0.6) is 0 Å². The summed E-state index contributed by atoms with van der Waals surface area (Å²) in [5.41, 5.74) is 5.75. The molecule has 1 aliphatic rings. The van der Waals surface area contributed by atoms with Crippen molar-refractivity contribution in [2.75, 3.05) is 0 Å². The Hall–Kier alpha value is -1.83. The molecular formula is C19H13Cl2N. The summed E-state index contributed by atoms with van der Waals surface area (Å²) in [6.45, 7) is 2.14. The van der Waals surface area contributed by atoms with Crippen LogP contribution in [0.2, 0.25) is 10.0 Å². The average Bonchev–Trinajstić information content (AvgIpc) is 2.87. The largest absolute Gasteiger partial charge is 0.256 e. The summed E-state index contributed by atoms with van der Waals surface area (Å²) >= 11 is 12.5. The fourth-order valence-corrected chi connectivity index (χ4v) is 3.70. The molecule has 1 atom stereocenters. The zero-order valence-electron chi connectivity index (χ0n) is 12.0. The fourth-order valence-electron chi connectivity index (χ4n) is 3.31. The Morgan fingerprint density at radius 2 is 1.77 bits per heavy atom. The van der Waals surface area contributed by atoms with Gasteiger partial charge in [0.1, 0.15) is 0 Å². The second kappa shape index (κ2) is 5.12. The minimum atomic E-state index is 0.184. The summed E-state index contributed by atoms with van der Waals surface area (Å²) in [5, 5.41) is 2.39. The first-order chi connectivity index (χ1) is 10.7. The van der Waals surface area contributed by atoms with Gasteiger partial charge in [-0.25, -0.2) is 0 Å². The monoisotopic (exact) mass is 325 g/mol. The van der Waals surface area contributed by atoms with Gasteiger partial charge >= 0.3 is 0 Å². The van der Waals surface area contributed by atoms with Crippen molar-refractivity contribution in [3.05, 3.63) is 81.0 Å². The van der Waals surface area contributed by atoms with E-state index in [1.807, 2.05) is 18.3 Å². The molecule has 0 N–H and O–H groups in total. The van der Waals surface area contributed by atoms with Gasteiger partial charge in [-0.1, -0.05) is 65.2 Å². The van der Waals surface area contributed by atoms with Crippen molar-refractivity contribution in [1.29, 1.82) is 0 Å². The standard InChI is InChI=1S/C19H13Cl2N/c1-11-10-15-13(7-8-16(20)18(15)21)17(11)14-6-2-4-12-5-3-9-22-19(12)14/h2-10,17H,1H3. The van der Waals surface area contributed by atoms with Crippen LogP contribution in [0.3, 0.4) is 0 Å². The van der Waals surface area contributed by atoms with Crippen molar-refractivity contribution in [3.63, 3.8) is 0 Å². The smallest absolute Gasteiger partial charge is 0.0743 e. The third kappa shape index (κ3) is 1.97. The maximum atomic E-state index is 6.38. The lowest BCUT2D eigenvalue weighted by Crippen LogP contribution is -2.01. The quantitative estimate of drug-likeness (QED) is 0.527. The normalized spacial score (nSPS) is 16.7. The maximum absolute atomic E-state index is 6.38. The first kappa shape index (κ1) is 13.8. The molecule has 0 saturated carbocycles. The Labute approximate surface area is 139 Å².